The van der Waals surface area contributed by atoms with Crippen LogP contribution in [0.4, 0.5) is 0 Å². The van der Waals surface area contributed by atoms with Crippen LogP contribution in [0.15, 0.2) is 30.3 Å². The van der Waals surface area contributed by atoms with Crippen LogP contribution in [0.25, 0.3) is 0 Å². The summed E-state index contributed by atoms with van der Waals surface area (Å²) in [6, 6.07) is 8.85. The molecule has 1 aromatic rings. The molecule has 2 rings (SSSR count). The quantitative estimate of drug-likeness (QED) is 0.504. The number of aliphatic hydroxyl groups is 4. The molecule has 4 N–H and O–H groups in total. The van der Waals surface area contributed by atoms with E-state index in [1.54, 1.807) is 24.3 Å². The predicted molar refractivity (Wildman–Crippen MR) is 70.0 cm³/mol. The van der Waals surface area contributed by atoms with Gasteiger partial charge in [0.25, 0.3) is 0 Å². The van der Waals surface area contributed by atoms with Crippen LogP contribution in [0.2, 0.25) is 0 Å². The first-order valence-electron chi connectivity index (χ1n) is 6.57. The van der Waals surface area contributed by atoms with E-state index in [1.165, 1.54) is 0 Å². The Morgan fingerprint density at radius 1 is 1.10 bits per heavy atom. The number of rotatable bonds is 4. The molecule has 0 aromatic heterocycles. The lowest BCUT2D eigenvalue weighted by Gasteiger charge is -2.39. The third kappa shape index (κ3) is 3.78. The second kappa shape index (κ2) is 6.97. The Hall–Kier alpha value is -1.51. The maximum absolute atomic E-state index is 11.8. The zero-order chi connectivity index (χ0) is 15.4. The molecule has 1 fully saturated rings. The van der Waals surface area contributed by atoms with E-state index >= 15 is 0 Å². The van der Waals surface area contributed by atoms with Crippen LogP contribution in [0.3, 0.4) is 0 Å². The van der Waals surface area contributed by atoms with Gasteiger partial charge in [-0.1, -0.05) is 30.3 Å². The number of hydrogen-bond acceptors (Lipinski definition) is 7. The summed E-state index contributed by atoms with van der Waals surface area (Å²) in [6.45, 7) is -0.572. The Kier molecular flexibility index (Phi) is 5.27. The van der Waals surface area contributed by atoms with Crippen LogP contribution >= 0.6 is 0 Å². The lowest BCUT2D eigenvalue weighted by Crippen LogP contribution is -2.59. The Balaban J connectivity index is 1.96. The number of hydrogen-bond donors (Lipinski definition) is 4. The molecule has 0 spiro atoms. The molecule has 1 aliphatic heterocycles. The predicted octanol–water partition coefficient (Wildman–Crippen LogP) is -1.43. The first kappa shape index (κ1) is 15.9. The van der Waals surface area contributed by atoms with Crippen LogP contribution < -0.4 is 0 Å². The van der Waals surface area contributed by atoms with Gasteiger partial charge in [0.05, 0.1) is 13.0 Å². The summed E-state index contributed by atoms with van der Waals surface area (Å²) < 4.78 is 10.1. The van der Waals surface area contributed by atoms with Gasteiger partial charge >= 0.3 is 5.97 Å². The number of aliphatic hydroxyl groups excluding tert-OH is 4. The van der Waals surface area contributed by atoms with Crippen LogP contribution in [0.1, 0.15) is 5.56 Å². The maximum atomic E-state index is 11.8. The average molecular weight is 298 g/mol. The summed E-state index contributed by atoms with van der Waals surface area (Å²) in [7, 11) is 0. The van der Waals surface area contributed by atoms with Gasteiger partial charge in [-0.25, -0.2) is 0 Å². The maximum Gasteiger partial charge on any atom is 0.312 e. The minimum absolute atomic E-state index is 0.0180. The molecule has 116 valence electrons. The van der Waals surface area contributed by atoms with E-state index in [-0.39, 0.29) is 6.42 Å². The summed E-state index contributed by atoms with van der Waals surface area (Å²) in [4.78, 5) is 11.8. The molecule has 7 heteroatoms. The SMILES string of the molecule is O=C(Cc1ccccc1)O[C@H]1O[C@H](CO)[C@@H](O)[C@H](O)[C@H]1O. The molecule has 0 bridgehead atoms. The fraction of sp³-hybridized carbons (Fsp3) is 0.500. The van der Waals surface area contributed by atoms with Gasteiger partial charge in [0, 0.05) is 0 Å². The minimum atomic E-state index is -1.58. The highest BCUT2D eigenvalue weighted by Gasteiger charge is 2.45. The van der Waals surface area contributed by atoms with Gasteiger partial charge in [0.2, 0.25) is 6.29 Å². The molecule has 5 atom stereocenters. The van der Waals surface area contributed by atoms with E-state index in [4.69, 9.17) is 14.6 Å². The number of esters is 1. The summed E-state index contributed by atoms with van der Waals surface area (Å²) >= 11 is 0. The van der Waals surface area contributed by atoms with Crippen molar-refractivity contribution >= 4 is 5.97 Å². The fourth-order valence-electron chi connectivity index (χ4n) is 2.10. The normalized spacial score (nSPS) is 32.7. The Bertz CT molecular complexity index is 462. The average Bonchev–Trinajstić information content (AvgIpc) is 2.49. The van der Waals surface area contributed by atoms with Gasteiger partial charge in [-0.15, -0.1) is 0 Å². The second-order valence-electron chi connectivity index (χ2n) is 4.85. The highest BCUT2D eigenvalue weighted by Crippen LogP contribution is 2.22. The zero-order valence-electron chi connectivity index (χ0n) is 11.2. The van der Waals surface area contributed by atoms with Crippen LogP contribution in [0.5, 0.6) is 0 Å². The molecule has 1 saturated heterocycles. The number of carbonyl (C=O) groups is 1. The monoisotopic (exact) mass is 298 g/mol. The smallest absolute Gasteiger partial charge is 0.312 e. The molecule has 1 aromatic carbocycles. The van der Waals surface area contributed by atoms with Crippen molar-refractivity contribution in [3.8, 4) is 0 Å². The third-order valence-corrected chi connectivity index (χ3v) is 3.29. The summed E-state index contributed by atoms with van der Waals surface area (Å²) in [5.74, 6) is -0.648. The lowest BCUT2D eigenvalue weighted by molar-refractivity contribution is -0.292. The van der Waals surface area contributed by atoms with Crippen molar-refractivity contribution in [2.24, 2.45) is 0 Å². The first-order chi connectivity index (χ1) is 10.0. The van der Waals surface area contributed by atoms with Crippen LogP contribution in [0, 0.1) is 0 Å². The standard InChI is InChI=1S/C14H18O7/c15-7-9-11(17)12(18)13(19)14(20-9)21-10(16)6-8-4-2-1-3-5-8/h1-5,9,11-15,17-19H,6-7H2/t9-,11-,12+,13-,14-/m1/s1. The van der Waals surface area contributed by atoms with Crippen molar-refractivity contribution in [3.05, 3.63) is 35.9 Å². The van der Waals surface area contributed by atoms with E-state index in [2.05, 4.69) is 0 Å². The fourth-order valence-corrected chi connectivity index (χ4v) is 2.10. The van der Waals surface area contributed by atoms with Gasteiger partial charge in [-0.05, 0) is 5.56 Å². The van der Waals surface area contributed by atoms with E-state index in [1.807, 2.05) is 6.07 Å². The van der Waals surface area contributed by atoms with Gasteiger partial charge in [0.1, 0.15) is 24.4 Å². The lowest BCUT2D eigenvalue weighted by atomic mass is 9.99. The largest absolute Gasteiger partial charge is 0.432 e. The Morgan fingerprint density at radius 2 is 1.76 bits per heavy atom. The molecule has 0 saturated carbocycles. The van der Waals surface area contributed by atoms with Gasteiger partial charge in [0.15, 0.2) is 0 Å². The second-order valence-corrected chi connectivity index (χ2v) is 4.85. The minimum Gasteiger partial charge on any atom is -0.432 e. The molecule has 1 heterocycles. The van der Waals surface area contributed by atoms with Crippen molar-refractivity contribution in [2.75, 3.05) is 6.61 Å². The Morgan fingerprint density at radius 3 is 2.38 bits per heavy atom. The summed E-state index contributed by atoms with van der Waals surface area (Å²) in [6.07, 6.45) is -7.17. The van der Waals surface area contributed by atoms with E-state index in [9.17, 15) is 20.1 Å². The highest BCUT2D eigenvalue weighted by molar-refractivity contribution is 5.72. The van der Waals surface area contributed by atoms with Crippen molar-refractivity contribution in [1.29, 1.82) is 0 Å². The van der Waals surface area contributed by atoms with E-state index in [0.29, 0.717) is 0 Å². The van der Waals surface area contributed by atoms with E-state index < -0.39 is 43.3 Å². The number of benzene rings is 1. The summed E-state index contributed by atoms with van der Waals surface area (Å²) in [5.41, 5.74) is 0.729. The first-order valence-corrected chi connectivity index (χ1v) is 6.57. The van der Waals surface area contributed by atoms with Crippen molar-refractivity contribution in [3.63, 3.8) is 0 Å². The van der Waals surface area contributed by atoms with Crippen molar-refractivity contribution in [2.45, 2.75) is 37.1 Å². The third-order valence-electron chi connectivity index (χ3n) is 3.29. The van der Waals surface area contributed by atoms with Gasteiger partial charge in [-0.2, -0.15) is 0 Å². The number of ether oxygens (including phenoxy) is 2. The molecule has 0 radical (unpaired) electrons. The van der Waals surface area contributed by atoms with Gasteiger partial charge < -0.3 is 29.9 Å². The topological polar surface area (TPSA) is 116 Å². The molecule has 21 heavy (non-hydrogen) atoms. The molecule has 7 nitrogen and oxygen atoms in total. The molecule has 0 amide bonds. The van der Waals surface area contributed by atoms with Crippen LogP contribution in [-0.4, -0.2) is 63.7 Å². The molecule has 0 aliphatic carbocycles. The molecular weight excluding hydrogens is 280 g/mol. The molecule has 0 unspecified atom stereocenters. The number of carbonyl (C=O) groups excluding carboxylic acids is 1. The molecule has 1 aliphatic rings. The summed E-state index contributed by atoms with van der Waals surface area (Å²) in [5, 5.41) is 38.0. The zero-order valence-corrected chi connectivity index (χ0v) is 11.2. The van der Waals surface area contributed by atoms with Crippen LogP contribution in [-0.2, 0) is 20.7 Å². The van der Waals surface area contributed by atoms with Crippen molar-refractivity contribution in [1.82, 2.24) is 0 Å². The molecular formula is C14H18O7. The van der Waals surface area contributed by atoms with Crippen molar-refractivity contribution < 1.29 is 34.7 Å². The van der Waals surface area contributed by atoms with Gasteiger partial charge in [-0.3, -0.25) is 4.79 Å². The Labute approximate surface area is 121 Å². The van der Waals surface area contributed by atoms with E-state index in [0.717, 1.165) is 5.56 Å². The highest BCUT2D eigenvalue weighted by atomic mass is 16.7.